The number of carboxylic acids is 2. The van der Waals surface area contributed by atoms with Crippen LogP contribution in [0.15, 0.2) is 18.2 Å². The molecule has 9 nitrogen and oxygen atoms in total. The molecule has 0 unspecified atom stereocenters. The van der Waals surface area contributed by atoms with Crippen molar-refractivity contribution in [3.8, 4) is 0 Å². The van der Waals surface area contributed by atoms with Crippen LogP contribution in [0, 0.1) is 0 Å². The number of amides is 3. The van der Waals surface area contributed by atoms with Gasteiger partial charge in [0.2, 0.25) is 5.91 Å². The molecule has 0 aromatic heterocycles. The fraction of sp³-hybridized carbons (Fsp3) is 0.0909. The van der Waals surface area contributed by atoms with E-state index in [2.05, 4.69) is 10.6 Å². The van der Waals surface area contributed by atoms with Gasteiger partial charge in [-0.2, -0.15) is 0 Å². The van der Waals surface area contributed by atoms with E-state index in [1.54, 1.807) is 0 Å². The molecule has 6 N–H and O–H groups in total. The molecular formula is C11H11N3O6. The van der Waals surface area contributed by atoms with Crippen LogP contribution in [0.5, 0.6) is 0 Å². The van der Waals surface area contributed by atoms with Crippen LogP contribution in [0.3, 0.4) is 0 Å². The fourth-order valence-electron chi connectivity index (χ4n) is 1.29. The standard InChI is InChI=1S/C11H11N3O6/c12-8(15)4-13-11(20)14-7-2-5(9(16)17)1-6(3-7)10(18)19/h1-3H,4H2,(H2,12,15)(H,16,17)(H,18,19)(H2,13,14,20). The van der Waals surface area contributed by atoms with Crippen molar-refractivity contribution in [2.24, 2.45) is 5.73 Å². The average Bonchev–Trinajstić information content (AvgIpc) is 2.35. The Morgan fingerprint density at radius 1 is 1.00 bits per heavy atom. The minimum Gasteiger partial charge on any atom is -0.478 e. The molecule has 0 heterocycles. The molecule has 0 aliphatic heterocycles. The first-order valence-corrected chi connectivity index (χ1v) is 5.24. The molecule has 9 heteroatoms. The Kier molecular flexibility index (Phi) is 4.62. The van der Waals surface area contributed by atoms with Crippen molar-refractivity contribution in [1.82, 2.24) is 5.32 Å². The van der Waals surface area contributed by atoms with E-state index in [1.807, 2.05) is 0 Å². The summed E-state index contributed by atoms with van der Waals surface area (Å²) in [5.74, 6) is -3.44. The van der Waals surface area contributed by atoms with E-state index in [4.69, 9.17) is 15.9 Å². The molecule has 0 saturated heterocycles. The van der Waals surface area contributed by atoms with Crippen molar-refractivity contribution in [3.63, 3.8) is 0 Å². The van der Waals surface area contributed by atoms with Gasteiger partial charge in [-0.25, -0.2) is 14.4 Å². The van der Waals surface area contributed by atoms with Gasteiger partial charge < -0.3 is 26.6 Å². The third kappa shape index (κ3) is 4.29. The number of nitrogens with two attached hydrogens (primary N) is 1. The van der Waals surface area contributed by atoms with Crippen LogP contribution < -0.4 is 16.4 Å². The largest absolute Gasteiger partial charge is 0.478 e. The lowest BCUT2D eigenvalue weighted by molar-refractivity contribution is -0.117. The first-order valence-electron chi connectivity index (χ1n) is 5.24. The lowest BCUT2D eigenvalue weighted by atomic mass is 10.1. The number of rotatable bonds is 5. The molecule has 106 valence electrons. The van der Waals surface area contributed by atoms with E-state index >= 15 is 0 Å². The smallest absolute Gasteiger partial charge is 0.335 e. The van der Waals surface area contributed by atoms with Crippen LogP contribution in [-0.4, -0.2) is 40.6 Å². The van der Waals surface area contributed by atoms with Crippen LogP contribution in [0.1, 0.15) is 20.7 Å². The number of carbonyl (C=O) groups excluding carboxylic acids is 2. The molecule has 0 aliphatic rings. The molecule has 0 saturated carbocycles. The Morgan fingerprint density at radius 2 is 1.50 bits per heavy atom. The van der Waals surface area contributed by atoms with Gasteiger partial charge in [-0.05, 0) is 18.2 Å². The zero-order chi connectivity index (χ0) is 15.3. The predicted molar refractivity (Wildman–Crippen MR) is 66.6 cm³/mol. The third-order valence-electron chi connectivity index (χ3n) is 2.11. The summed E-state index contributed by atoms with van der Waals surface area (Å²) < 4.78 is 0. The molecule has 1 aromatic carbocycles. The molecule has 3 amide bonds. The Balaban J connectivity index is 2.94. The summed E-state index contributed by atoms with van der Waals surface area (Å²) in [7, 11) is 0. The monoisotopic (exact) mass is 281 g/mol. The second-order valence-electron chi connectivity index (χ2n) is 3.68. The number of hydrogen-bond donors (Lipinski definition) is 5. The Bertz CT molecular complexity index is 551. The van der Waals surface area contributed by atoms with Gasteiger partial charge in [-0.1, -0.05) is 0 Å². The van der Waals surface area contributed by atoms with Crippen molar-refractivity contribution < 1.29 is 29.4 Å². The van der Waals surface area contributed by atoms with E-state index in [0.29, 0.717) is 0 Å². The molecule has 0 atom stereocenters. The molecule has 0 bridgehead atoms. The summed E-state index contributed by atoms with van der Waals surface area (Å²) in [6.07, 6.45) is 0. The maximum atomic E-state index is 11.4. The minimum atomic E-state index is -1.34. The molecule has 0 aliphatic carbocycles. The molecule has 0 radical (unpaired) electrons. The van der Waals surface area contributed by atoms with Crippen molar-refractivity contribution in [1.29, 1.82) is 0 Å². The van der Waals surface area contributed by atoms with Crippen molar-refractivity contribution >= 4 is 29.6 Å². The van der Waals surface area contributed by atoms with Gasteiger partial charge in [0.15, 0.2) is 0 Å². The van der Waals surface area contributed by atoms with Crippen LogP contribution >= 0.6 is 0 Å². The SMILES string of the molecule is NC(=O)CNC(=O)Nc1cc(C(=O)O)cc(C(=O)O)c1. The van der Waals surface area contributed by atoms with Gasteiger partial charge in [-0.15, -0.1) is 0 Å². The first-order chi connectivity index (χ1) is 9.29. The average molecular weight is 281 g/mol. The lowest BCUT2D eigenvalue weighted by Gasteiger charge is -2.08. The van der Waals surface area contributed by atoms with Crippen molar-refractivity contribution in [2.45, 2.75) is 0 Å². The number of hydrogen-bond acceptors (Lipinski definition) is 4. The topological polar surface area (TPSA) is 159 Å². The summed E-state index contributed by atoms with van der Waals surface area (Å²) in [5, 5.41) is 22.0. The lowest BCUT2D eigenvalue weighted by Crippen LogP contribution is -2.36. The third-order valence-corrected chi connectivity index (χ3v) is 2.11. The maximum Gasteiger partial charge on any atom is 0.335 e. The number of nitrogens with one attached hydrogen (secondary N) is 2. The fourth-order valence-corrected chi connectivity index (χ4v) is 1.29. The van der Waals surface area contributed by atoms with Crippen LogP contribution in [0.2, 0.25) is 0 Å². The normalized spacial score (nSPS) is 9.60. The van der Waals surface area contributed by atoms with E-state index in [1.165, 1.54) is 0 Å². The minimum absolute atomic E-state index is 0.0377. The number of aromatic carboxylic acids is 2. The van der Waals surface area contributed by atoms with E-state index in [0.717, 1.165) is 18.2 Å². The molecule has 0 fully saturated rings. The highest BCUT2D eigenvalue weighted by Crippen LogP contribution is 2.15. The second-order valence-corrected chi connectivity index (χ2v) is 3.68. The first kappa shape index (κ1) is 15.0. The quantitative estimate of drug-likeness (QED) is 0.497. The van der Waals surface area contributed by atoms with Crippen molar-refractivity contribution in [2.75, 3.05) is 11.9 Å². The highest BCUT2D eigenvalue weighted by atomic mass is 16.4. The Morgan fingerprint density at radius 3 is 1.90 bits per heavy atom. The zero-order valence-corrected chi connectivity index (χ0v) is 10.0. The van der Waals surface area contributed by atoms with E-state index in [-0.39, 0.29) is 16.8 Å². The van der Waals surface area contributed by atoms with Gasteiger partial charge in [-0.3, -0.25) is 4.79 Å². The number of anilines is 1. The number of primary amides is 1. The summed E-state index contributed by atoms with van der Waals surface area (Å²) in [6, 6.07) is 2.30. The highest BCUT2D eigenvalue weighted by Gasteiger charge is 2.12. The zero-order valence-electron chi connectivity index (χ0n) is 10.0. The summed E-state index contributed by atoms with van der Waals surface area (Å²) in [5.41, 5.74) is 4.19. The molecular weight excluding hydrogens is 270 g/mol. The van der Waals surface area contributed by atoms with Gasteiger partial charge in [0.25, 0.3) is 0 Å². The summed E-state index contributed by atoms with van der Waals surface area (Å²) >= 11 is 0. The predicted octanol–water partition coefficient (Wildman–Crippen LogP) is -0.310. The van der Waals surface area contributed by atoms with E-state index in [9.17, 15) is 19.2 Å². The maximum absolute atomic E-state index is 11.4. The number of carbonyl (C=O) groups is 4. The van der Waals surface area contributed by atoms with Gasteiger partial charge in [0.05, 0.1) is 17.7 Å². The van der Waals surface area contributed by atoms with E-state index < -0.39 is 30.4 Å². The highest BCUT2D eigenvalue weighted by molar-refractivity contribution is 5.98. The Labute approximate surface area is 112 Å². The second kappa shape index (κ2) is 6.18. The van der Waals surface area contributed by atoms with Crippen LogP contribution in [0.4, 0.5) is 10.5 Å². The van der Waals surface area contributed by atoms with Crippen molar-refractivity contribution in [3.05, 3.63) is 29.3 Å². The Hall–Kier alpha value is -3.10. The van der Waals surface area contributed by atoms with Gasteiger partial charge in [0, 0.05) is 5.69 Å². The summed E-state index contributed by atoms with van der Waals surface area (Å²) in [6.45, 7) is -0.407. The molecule has 0 spiro atoms. The molecule has 20 heavy (non-hydrogen) atoms. The molecule has 1 rings (SSSR count). The van der Waals surface area contributed by atoms with Crippen LogP contribution in [0.25, 0.3) is 0 Å². The molecule has 1 aromatic rings. The number of benzene rings is 1. The van der Waals surface area contributed by atoms with Crippen LogP contribution in [-0.2, 0) is 4.79 Å². The summed E-state index contributed by atoms with van der Waals surface area (Å²) in [4.78, 5) is 43.5. The number of carboxylic acid groups (broad SMARTS) is 2. The van der Waals surface area contributed by atoms with Gasteiger partial charge >= 0.3 is 18.0 Å². The number of urea groups is 1. The van der Waals surface area contributed by atoms with Gasteiger partial charge in [0.1, 0.15) is 0 Å².